The molecule has 0 radical (unpaired) electrons. The summed E-state index contributed by atoms with van der Waals surface area (Å²) in [6.07, 6.45) is 3.68. The van der Waals surface area contributed by atoms with Crippen LogP contribution in [0.2, 0.25) is 0 Å². The zero-order valence-corrected chi connectivity index (χ0v) is 13.5. The fourth-order valence-corrected chi connectivity index (χ4v) is 2.37. The van der Waals surface area contributed by atoms with E-state index in [0.29, 0.717) is 12.6 Å². The molecule has 20 heavy (non-hydrogen) atoms. The van der Waals surface area contributed by atoms with Gasteiger partial charge in [0.15, 0.2) is 0 Å². The quantitative estimate of drug-likeness (QED) is 0.733. The molecule has 0 aromatic rings. The van der Waals surface area contributed by atoms with Crippen molar-refractivity contribution < 1.29 is 9.53 Å². The third kappa shape index (κ3) is 7.70. The molecule has 118 valence electrons. The first kappa shape index (κ1) is 17.2. The van der Waals surface area contributed by atoms with Crippen LogP contribution in [-0.4, -0.2) is 55.4 Å². The van der Waals surface area contributed by atoms with E-state index in [2.05, 4.69) is 22.5 Å². The van der Waals surface area contributed by atoms with Crippen molar-refractivity contribution >= 4 is 6.09 Å². The summed E-state index contributed by atoms with van der Waals surface area (Å²) in [4.78, 5) is 14.0. The van der Waals surface area contributed by atoms with Crippen LogP contribution in [-0.2, 0) is 4.74 Å². The lowest BCUT2D eigenvalue weighted by molar-refractivity contribution is 0.0528. The molecule has 1 amide bonds. The van der Waals surface area contributed by atoms with E-state index in [1.807, 2.05) is 20.8 Å². The molecule has 1 heterocycles. The molecule has 1 saturated heterocycles. The number of carbonyl (C=O) groups is 1. The lowest BCUT2D eigenvalue weighted by atomic mass is 10.1. The van der Waals surface area contributed by atoms with Crippen LogP contribution in [0, 0.1) is 0 Å². The lowest BCUT2D eigenvalue weighted by Gasteiger charge is -2.32. The van der Waals surface area contributed by atoms with Crippen LogP contribution in [0.25, 0.3) is 0 Å². The molecule has 0 aromatic carbocycles. The van der Waals surface area contributed by atoms with Crippen molar-refractivity contribution in [1.82, 2.24) is 15.5 Å². The van der Waals surface area contributed by atoms with Gasteiger partial charge in [-0.2, -0.15) is 0 Å². The summed E-state index contributed by atoms with van der Waals surface area (Å²) in [6.45, 7) is 12.6. The minimum absolute atomic E-state index is 0.344. The van der Waals surface area contributed by atoms with Gasteiger partial charge in [-0.15, -0.1) is 0 Å². The van der Waals surface area contributed by atoms with E-state index < -0.39 is 5.60 Å². The molecule has 1 unspecified atom stereocenters. The van der Waals surface area contributed by atoms with Gasteiger partial charge in [-0.3, -0.25) is 4.90 Å². The first-order valence-electron chi connectivity index (χ1n) is 7.80. The number of alkyl carbamates (subject to hydrolysis) is 1. The molecule has 1 rings (SSSR count). The van der Waals surface area contributed by atoms with Crippen molar-refractivity contribution in [2.45, 2.75) is 58.6 Å². The normalized spacial score (nSPS) is 18.6. The van der Waals surface area contributed by atoms with E-state index in [4.69, 9.17) is 4.74 Å². The maximum atomic E-state index is 11.4. The number of amides is 1. The Hall–Kier alpha value is -0.810. The number of rotatable bonds is 6. The minimum atomic E-state index is -0.430. The summed E-state index contributed by atoms with van der Waals surface area (Å²) in [6, 6.07) is 0.567. The van der Waals surface area contributed by atoms with Crippen molar-refractivity contribution in [3.05, 3.63) is 0 Å². The summed E-state index contributed by atoms with van der Waals surface area (Å²) in [5, 5.41) is 6.14. The summed E-state index contributed by atoms with van der Waals surface area (Å²) in [7, 11) is 0. The molecule has 0 bridgehead atoms. The molecule has 0 aliphatic carbocycles. The Balaban J connectivity index is 2.02. The molecule has 0 spiro atoms. The van der Waals surface area contributed by atoms with Gasteiger partial charge in [-0.1, -0.05) is 6.42 Å². The number of hydrogen-bond donors (Lipinski definition) is 2. The molecule has 0 saturated carbocycles. The van der Waals surface area contributed by atoms with Crippen molar-refractivity contribution in [3.63, 3.8) is 0 Å². The van der Waals surface area contributed by atoms with Gasteiger partial charge in [-0.25, -0.2) is 4.79 Å². The summed E-state index contributed by atoms with van der Waals surface area (Å²) in [5.41, 5.74) is -0.430. The highest BCUT2D eigenvalue weighted by molar-refractivity contribution is 5.67. The van der Waals surface area contributed by atoms with Gasteiger partial charge in [0.1, 0.15) is 5.60 Å². The van der Waals surface area contributed by atoms with E-state index in [1.165, 1.54) is 32.4 Å². The summed E-state index contributed by atoms with van der Waals surface area (Å²) in [5.74, 6) is 0. The van der Waals surface area contributed by atoms with Gasteiger partial charge in [0, 0.05) is 25.7 Å². The van der Waals surface area contributed by atoms with Gasteiger partial charge >= 0.3 is 6.09 Å². The Kier molecular flexibility index (Phi) is 7.30. The average molecular weight is 285 g/mol. The molecule has 1 fully saturated rings. The summed E-state index contributed by atoms with van der Waals surface area (Å²) < 4.78 is 5.17. The van der Waals surface area contributed by atoms with E-state index in [1.54, 1.807) is 0 Å². The molecular formula is C15H31N3O2. The van der Waals surface area contributed by atoms with Crippen LogP contribution < -0.4 is 10.6 Å². The highest BCUT2D eigenvalue weighted by Gasteiger charge is 2.17. The monoisotopic (exact) mass is 285 g/mol. The van der Waals surface area contributed by atoms with Crippen LogP contribution in [0.15, 0.2) is 0 Å². The van der Waals surface area contributed by atoms with E-state index in [9.17, 15) is 4.79 Å². The number of ether oxygens (including phenoxy) is 1. The number of likely N-dealkylation sites (tertiary alicyclic amines) is 1. The first-order valence-corrected chi connectivity index (χ1v) is 7.80. The predicted octanol–water partition coefficient (Wildman–Crippen LogP) is 1.98. The highest BCUT2D eigenvalue weighted by atomic mass is 16.6. The second-order valence-corrected chi connectivity index (χ2v) is 6.58. The Morgan fingerprint density at radius 2 is 1.85 bits per heavy atom. The Morgan fingerprint density at radius 1 is 1.20 bits per heavy atom. The van der Waals surface area contributed by atoms with Gasteiger partial charge in [-0.05, 0) is 53.6 Å². The van der Waals surface area contributed by atoms with Crippen LogP contribution >= 0.6 is 0 Å². The van der Waals surface area contributed by atoms with Gasteiger partial charge in [0.25, 0.3) is 0 Å². The Bertz CT molecular complexity index is 283. The smallest absolute Gasteiger partial charge is 0.407 e. The predicted molar refractivity (Wildman–Crippen MR) is 82.0 cm³/mol. The van der Waals surface area contributed by atoms with E-state index >= 15 is 0 Å². The van der Waals surface area contributed by atoms with Crippen LogP contribution in [0.3, 0.4) is 0 Å². The SMILES string of the molecule is CC(CNCCNC(=O)OC(C)(C)C)N1CCCCC1. The lowest BCUT2D eigenvalue weighted by Crippen LogP contribution is -2.44. The topological polar surface area (TPSA) is 53.6 Å². The van der Waals surface area contributed by atoms with Crippen molar-refractivity contribution in [1.29, 1.82) is 0 Å². The van der Waals surface area contributed by atoms with Crippen LogP contribution in [0.5, 0.6) is 0 Å². The molecule has 1 aliphatic heterocycles. The maximum absolute atomic E-state index is 11.4. The highest BCUT2D eigenvalue weighted by Crippen LogP contribution is 2.11. The summed E-state index contributed by atoms with van der Waals surface area (Å²) >= 11 is 0. The van der Waals surface area contributed by atoms with E-state index in [0.717, 1.165) is 13.1 Å². The molecule has 0 aromatic heterocycles. The second kappa shape index (κ2) is 8.47. The number of hydrogen-bond acceptors (Lipinski definition) is 4. The number of nitrogens with one attached hydrogen (secondary N) is 2. The second-order valence-electron chi connectivity index (χ2n) is 6.58. The Labute approximate surface area is 123 Å². The van der Waals surface area contributed by atoms with Crippen LogP contribution in [0.4, 0.5) is 4.79 Å². The van der Waals surface area contributed by atoms with E-state index in [-0.39, 0.29) is 6.09 Å². The molecule has 1 atom stereocenters. The standard InChI is InChI=1S/C15H31N3O2/c1-13(18-10-6-5-7-11-18)12-16-8-9-17-14(19)20-15(2,3)4/h13,16H,5-12H2,1-4H3,(H,17,19). The van der Waals surface area contributed by atoms with Crippen LogP contribution in [0.1, 0.15) is 47.0 Å². The number of piperidine rings is 1. The molecule has 5 nitrogen and oxygen atoms in total. The van der Waals surface area contributed by atoms with Gasteiger partial charge in [0.2, 0.25) is 0 Å². The number of carbonyl (C=O) groups excluding carboxylic acids is 1. The largest absolute Gasteiger partial charge is 0.444 e. The van der Waals surface area contributed by atoms with Crippen molar-refractivity contribution in [2.75, 3.05) is 32.7 Å². The molecule has 5 heteroatoms. The third-order valence-corrected chi connectivity index (χ3v) is 3.42. The first-order chi connectivity index (χ1) is 9.38. The minimum Gasteiger partial charge on any atom is -0.444 e. The average Bonchev–Trinajstić information content (AvgIpc) is 2.37. The fourth-order valence-electron chi connectivity index (χ4n) is 2.37. The zero-order valence-electron chi connectivity index (χ0n) is 13.5. The maximum Gasteiger partial charge on any atom is 0.407 e. The zero-order chi connectivity index (χ0) is 15.0. The van der Waals surface area contributed by atoms with Crippen molar-refractivity contribution in [3.8, 4) is 0 Å². The molecular weight excluding hydrogens is 254 g/mol. The van der Waals surface area contributed by atoms with Crippen molar-refractivity contribution in [2.24, 2.45) is 0 Å². The number of nitrogens with zero attached hydrogens (tertiary/aromatic N) is 1. The molecule has 2 N–H and O–H groups in total. The Morgan fingerprint density at radius 3 is 2.45 bits per heavy atom. The fraction of sp³-hybridized carbons (Fsp3) is 0.933. The van der Waals surface area contributed by atoms with Gasteiger partial charge in [0.05, 0.1) is 0 Å². The molecule has 1 aliphatic rings. The third-order valence-electron chi connectivity index (χ3n) is 3.42. The van der Waals surface area contributed by atoms with Gasteiger partial charge < -0.3 is 15.4 Å².